The van der Waals surface area contributed by atoms with Gasteiger partial charge in [-0.25, -0.2) is 0 Å². The zero-order chi connectivity index (χ0) is 20.8. The third kappa shape index (κ3) is 10.7. The summed E-state index contributed by atoms with van der Waals surface area (Å²) in [5, 5.41) is 20.0. The van der Waals surface area contributed by atoms with Crippen LogP contribution in [0.2, 0.25) is 0 Å². The van der Waals surface area contributed by atoms with E-state index in [0.717, 1.165) is 32.2 Å². The van der Waals surface area contributed by atoms with Gasteiger partial charge in [0.25, 0.3) is 5.91 Å². The van der Waals surface area contributed by atoms with Crippen molar-refractivity contribution < 1.29 is 14.6 Å². The molecule has 0 aliphatic heterocycles. The summed E-state index contributed by atoms with van der Waals surface area (Å²) in [5.74, 6) is 1.14. The summed E-state index contributed by atoms with van der Waals surface area (Å²) < 4.78 is 5.14. The SMILES string of the molecule is CCCC(O)(CCC)CN=C(NCC)NCCNC(=O)c1cccc(OC)c1.I. The Hall–Kier alpha value is -1.55. The number of methoxy groups -OCH3 is 1. The molecule has 0 saturated heterocycles. The molecule has 0 fully saturated rings. The van der Waals surface area contributed by atoms with Crippen LogP contribution in [0, 0.1) is 0 Å². The van der Waals surface area contributed by atoms with Crippen molar-refractivity contribution in [3.05, 3.63) is 29.8 Å². The molecule has 0 aromatic heterocycles. The van der Waals surface area contributed by atoms with Gasteiger partial charge in [0, 0.05) is 25.2 Å². The zero-order valence-electron chi connectivity index (χ0n) is 18.1. The Morgan fingerprint density at radius 2 is 1.76 bits per heavy atom. The van der Waals surface area contributed by atoms with Gasteiger partial charge in [0.1, 0.15) is 5.75 Å². The second-order valence-corrected chi connectivity index (χ2v) is 6.83. The van der Waals surface area contributed by atoms with E-state index in [-0.39, 0.29) is 29.9 Å². The third-order valence-electron chi connectivity index (χ3n) is 4.34. The van der Waals surface area contributed by atoms with Crippen molar-refractivity contribution in [1.29, 1.82) is 0 Å². The summed E-state index contributed by atoms with van der Waals surface area (Å²) in [6, 6.07) is 7.04. The minimum Gasteiger partial charge on any atom is -0.497 e. The van der Waals surface area contributed by atoms with Crippen LogP contribution in [-0.4, -0.2) is 55.9 Å². The Morgan fingerprint density at radius 1 is 1.10 bits per heavy atom. The first-order valence-electron chi connectivity index (χ1n) is 10.1. The molecule has 1 rings (SSSR count). The Labute approximate surface area is 192 Å². The van der Waals surface area contributed by atoms with Crippen molar-refractivity contribution in [3.63, 3.8) is 0 Å². The van der Waals surface area contributed by atoms with Crippen molar-refractivity contribution in [3.8, 4) is 5.75 Å². The molecule has 0 bridgehead atoms. The predicted octanol–water partition coefficient (Wildman–Crippen LogP) is 2.93. The molecule has 0 aliphatic rings. The van der Waals surface area contributed by atoms with E-state index in [2.05, 4.69) is 34.8 Å². The van der Waals surface area contributed by atoms with Crippen LogP contribution in [0.4, 0.5) is 0 Å². The lowest BCUT2D eigenvalue weighted by Crippen LogP contribution is -2.43. The predicted molar refractivity (Wildman–Crippen MR) is 129 cm³/mol. The van der Waals surface area contributed by atoms with Crippen molar-refractivity contribution in [2.24, 2.45) is 4.99 Å². The number of aliphatic hydroxyl groups is 1. The number of amides is 1. The first-order chi connectivity index (χ1) is 13.5. The maximum absolute atomic E-state index is 12.2. The molecule has 0 spiro atoms. The van der Waals surface area contributed by atoms with Crippen LogP contribution in [0.3, 0.4) is 0 Å². The number of halogens is 1. The lowest BCUT2D eigenvalue weighted by Gasteiger charge is -2.26. The van der Waals surface area contributed by atoms with Gasteiger partial charge in [0.05, 0.1) is 19.3 Å². The molecular weight excluding hydrogens is 483 g/mol. The Kier molecular flexibility index (Phi) is 14.5. The Morgan fingerprint density at radius 3 is 2.34 bits per heavy atom. The van der Waals surface area contributed by atoms with Crippen molar-refractivity contribution >= 4 is 35.8 Å². The quantitative estimate of drug-likeness (QED) is 0.147. The fourth-order valence-corrected chi connectivity index (χ4v) is 3.01. The highest BCUT2D eigenvalue weighted by atomic mass is 127. The molecule has 0 radical (unpaired) electrons. The average Bonchev–Trinajstić information content (AvgIpc) is 2.69. The second kappa shape index (κ2) is 15.3. The molecule has 0 aliphatic carbocycles. The van der Waals surface area contributed by atoms with Crippen LogP contribution in [0.15, 0.2) is 29.3 Å². The summed E-state index contributed by atoms with van der Waals surface area (Å²) in [7, 11) is 1.57. The molecule has 166 valence electrons. The molecular formula is C21H37IN4O3. The maximum Gasteiger partial charge on any atom is 0.251 e. The standard InChI is InChI=1S/C21H36N4O3.HI/c1-5-11-21(27,12-6-2)16-25-20(22-7-3)24-14-13-23-19(26)17-9-8-10-18(15-17)28-4;/h8-10,15,27H,5-7,11-14,16H2,1-4H3,(H,23,26)(H2,22,24,25);1H. The second-order valence-electron chi connectivity index (χ2n) is 6.83. The van der Waals surface area contributed by atoms with E-state index in [1.54, 1.807) is 31.4 Å². The topological polar surface area (TPSA) is 95.0 Å². The number of hydrogen-bond donors (Lipinski definition) is 4. The smallest absolute Gasteiger partial charge is 0.251 e. The number of carbonyl (C=O) groups is 1. The molecule has 1 aromatic rings. The number of carbonyl (C=O) groups excluding carboxylic acids is 1. The highest BCUT2D eigenvalue weighted by molar-refractivity contribution is 14.0. The minimum atomic E-state index is -0.758. The number of aliphatic imine (C=N–C) groups is 1. The van der Waals surface area contributed by atoms with E-state index in [1.165, 1.54) is 0 Å². The number of rotatable bonds is 12. The summed E-state index contributed by atoms with van der Waals surface area (Å²) in [5.41, 5.74) is -0.198. The fourth-order valence-electron chi connectivity index (χ4n) is 3.01. The third-order valence-corrected chi connectivity index (χ3v) is 4.34. The van der Waals surface area contributed by atoms with Gasteiger partial charge in [-0.05, 0) is 38.0 Å². The van der Waals surface area contributed by atoms with Gasteiger partial charge >= 0.3 is 0 Å². The Bertz CT molecular complexity index is 620. The van der Waals surface area contributed by atoms with Crippen molar-refractivity contribution in [2.75, 3.05) is 33.3 Å². The summed E-state index contributed by atoms with van der Waals surface area (Å²) in [4.78, 5) is 16.7. The fraction of sp³-hybridized carbons (Fsp3) is 0.619. The van der Waals surface area contributed by atoms with E-state index in [4.69, 9.17) is 4.74 Å². The number of nitrogens with zero attached hydrogens (tertiary/aromatic N) is 1. The van der Waals surface area contributed by atoms with Gasteiger partial charge in [-0.2, -0.15) is 0 Å². The molecule has 4 N–H and O–H groups in total. The lowest BCUT2D eigenvalue weighted by atomic mass is 9.93. The molecule has 1 amide bonds. The van der Waals surface area contributed by atoms with Crippen LogP contribution in [0.25, 0.3) is 0 Å². The molecule has 0 atom stereocenters. The van der Waals surface area contributed by atoms with Crippen molar-refractivity contribution in [2.45, 2.75) is 52.1 Å². The molecule has 29 heavy (non-hydrogen) atoms. The van der Waals surface area contributed by atoms with Crippen LogP contribution in [0.1, 0.15) is 56.8 Å². The van der Waals surface area contributed by atoms with Crippen LogP contribution >= 0.6 is 24.0 Å². The minimum absolute atomic E-state index is 0. The summed E-state index contributed by atoms with van der Waals surface area (Å²) in [6.07, 6.45) is 3.32. The number of hydrogen-bond acceptors (Lipinski definition) is 4. The van der Waals surface area contributed by atoms with E-state index < -0.39 is 5.60 Å². The van der Waals surface area contributed by atoms with Gasteiger partial charge in [-0.15, -0.1) is 24.0 Å². The van der Waals surface area contributed by atoms with Gasteiger partial charge in [0.2, 0.25) is 0 Å². The zero-order valence-corrected chi connectivity index (χ0v) is 20.4. The van der Waals surface area contributed by atoms with Crippen LogP contribution in [0.5, 0.6) is 5.75 Å². The first-order valence-corrected chi connectivity index (χ1v) is 10.1. The van der Waals surface area contributed by atoms with E-state index >= 15 is 0 Å². The van der Waals surface area contributed by atoms with E-state index in [9.17, 15) is 9.90 Å². The number of ether oxygens (including phenoxy) is 1. The van der Waals surface area contributed by atoms with E-state index in [1.807, 2.05) is 6.92 Å². The molecule has 1 aromatic carbocycles. The summed E-state index contributed by atoms with van der Waals surface area (Å²) in [6.45, 7) is 8.20. The number of nitrogens with one attached hydrogen (secondary N) is 3. The van der Waals surface area contributed by atoms with Crippen LogP contribution in [-0.2, 0) is 0 Å². The first kappa shape index (κ1) is 27.5. The van der Waals surface area contributed by atoms with Crippen LogP contribution < -0.4 is 20.7 Å². The summed E-state index contributed by atoms with van der Waals surface area (Å²) >= 11 is 0. The highest BCUT2D eigenvalue weighted by Crippen LogP contribution is 2.19. The lowest BCUT2D eigenvalue weighted by molar-refractivity contribution is 0.0306. The maximum atomic E-state index is 12.2. The Balaban J connectivity index is 0.00000784. The van der Waals surface area contributed by atoms with Gasteiger partial charge < -0.3 is 25.8 Å². The molecule has 0 unspecified atom stereocenters. The molecule has 7 nitrogen and oxygen atoms in total. The van der Waals surface area contributed by atoms with Gasteiger partial charge in [-0.1, -0.05) is 32.8 Å². The number of guanidine groups is 1. The van der Waals surface area contributed by atoms with E-state index in [0.29, 0.717) is 36.9 Å². The van der Waals surface area contributed by atoms with Crippen molar-refractivity contribution in [1.82, 2.24) is 16.0 Å². The molecule has 0 saturated carbocycles. The normalized spacial score (nSPS) is 11.4. The average molecular weight is 520 g/mol. The van der Waals surface area contributed by atoms with Gasteiger partial charge in [-0.3, -0.25) is 9.79 Å². The van der Waals surface area contributed by atoms with Gasteiger partial charge in [0.15, 0.2) is 5.96 Å². The largest absolute Gasteiger partial charge is 0.497 e. The monoisotopic (exact) mass is 520 g/mol. The molecule has 8 heteroatoms. The highest BCUT2D eigenvalue weighted by Gasteiger charge is 2.24. The molecule has 0 heterocycles. The number of benzene rings is 1.